The van der Waals surface area contributed by atoms with Crippen molar-refractivity contribution in [3.63, 3.8) is 0 Å². The Hall–Kier alpha value is -0.180. The van der Waals surface area contributed by atoms with Gasteiger partial charge in [0.25, 0.3) is 0 Å². The van der Waals surface area contributed by atoms with Crippen molar-refractivity contribution in [2.75, 3.05) is 12.4 Å². The van der Waals surface area contributed by atoms with E-state index in [0.717, 1.165) is 11.3 Å². The van der Waals surface area contributed by atoms with Crippen LogP contribution in [0, 0.1) is 0 Å². The second-order valence-corrected chi connectivity index (χ2v) is 5.50. The molecule has 1 heterocycles. The van der Waals surface area contributed by atoms with Crippen LogP contribution in [-0.2, 0) is 15.4 Å². The number of anilines is 1. The molecule has 13 heavy (non-hydrogen) atoms. The van der Waals surface area contributed by atoms with Crippen molar-refractivity contribution in [2.24, 2.45) is 5.14 Å². The summed E-state index contributed by atoms with van der Waals surface area (Å²) >= 11 is 4.17. The highest BCUT2D eigenvalue weighted by Crippen LogP contribution is 2.27. The molecule has 0 aliphatic carbocycles. The van der Waals surface area contributed by atoms with Gasteiger partial charge in [0.05, 0.1) is 5.69 Å². The number of thiazole rings is 1. The summed E-state index contributed by atoms with van der Waals surface area (Å²) in [6.07, 6.45) is 0. The molecule has 8 heteroatoms. The van der Waals surface area contributed by atoms with Crippen LogP contribution in [0.25, 0.3) is 0 Å². The quantitative estimate of drug-likeness (QED) is 0.802. The number of nitrogens with zero attached hydrogens (tertiary/aromatic N) is 1. The van der Waals surface area contributed by atoms with Crippen LogP contribution in [0.4, 0.5) is 5.13 Å². The molecule has 0 atom stereocenters. The van der Waals surface area contributed by atoms with E-state index in [0.29, 0.717) is 16.2 Å². The van der Waals surface area contributed by atoms with Crippen LogP contribution in [0.15, 0.2) is 4.21 Å². The average Bonchev–Trinajstić information content (AvgIpc) is 2.46. The lowest BCUT2D eigenvalue weighted by molar-refractivity contribution is 0.599. The fourth-order valence-corrected chi connectivity index (χ4v) is 3.35. The van der Waals surface area contributed by atoms with Gasteiger partial charge in [-0.2, -0.15) is 0 Å². The standard InChI is InChI=1S/C5H8BrN3O2S2/c1-8-5-9-3(2-6)4(12-5)13(7,10)11/h2H2,1H3,(H,8,9)(H2,7,10,11). The largest absolute Gasteiger partial charge is 0.365 e. The molecule has 3 N–H and O–H groups in total. The highest BCUT2D eigenvalue weighted by atomic mass is 79.9. The van der Waals surface area contributed by atoms with Crippen LogP contribution >= 0.6 is 27.3 Å². The third-order valence-corrected chi connectivity index (χ3v) is 4.40. The van der Waals surface area contributed by atoms with E-state index in [2.05, 4.69) is 26.2 Å². The minimum atomic E-state index is -3.65. The second kappa shape index (κ2) is 3.91. The predicted octanol–water partition coefficient (Wildman–Crippen LogP) is 0.727. The van der Waals surface area contributed by atoms with Gasteiger partial charge in [-0.15, -0.1) is 0 Å². The molecular formula is C5H8BrN3O2S2. The van der Waals surface area contributed by atoms with Gasteiger partial charge in [-0.05, 0) is 0 Å². The number of alkyl halides is 1. The van der Waals surface area contributed by atoms with Gasteiger partial charge in [0.2, 0.25) is 10.0 Å². The maximum atomic E-state index is 11.0. The van der Waals surface area contributed by atoms with E-state index < -0.39 is 10.0 Å². The van der Waals surface area contributed by atoms with Gasteiger partial charge in [0.15, 0.2) is 9.34 Å². The van der Waals surface area contributed by atoms with Crippen LogP contribution in [0.1, 0.15) is 5.69 Å². The number of sulfonamides is 1. The molecule has 0 aliphatic heterocycles. The second-order valence-electron chi connectivity index (χ2n) is 2.18. The fraction of sp³-hybridized carbons (Fsp3) is 0.400. The molecule has 5 nitrogen and oxygen atoms in total. The van der Waals surface area contributed by atoms with Crippen molar-refractivity contribution in [1.82, 2.24) is 4.98 Å². The molecule has 1 rings (SSSR count). The molecule has 1 aromatic heterocycles. The summed E-state index contributed by atoms with van der Waals surface area (Å²) in [5.74, 6) is 0. The van der Waals surface area contributed by atoms with Crippen LogP contribution in [0.5, 0.6) is 0 Å². The van der Waals surface area contributed by atoms with Crippen molar-refractivity contribution in [3.8, 4) is 0 Å². The third-order valence-electron chi connectivity index (χ3n) is 1.26. The number of nitrogens with two attached hydrogens (primary N) is 1. The summed E-state index contributed by atoms with van der Waals surface area (Å²) in [5, 5.41) is 8.67. The zero-order chi connectivity index (χ0) is 10.1. The molecule has 0 amide bonds. The molecule has 0 saturated carbocycles. The third kappa shape index (κ3) is 2.39. The minimum Gasteiger partial charge on any atom is -0.365 e. The van der Waals surface area contributed by atoms with Crippen molar-refractivity contribution in [1.29, 1.82) is 0 Å². The SMILES string of the molecule is CNc1nc(CBr)c(S(N)(=O)=O)s1. The van der Waals surface area contributed by atoms with Gasteiger partial charge in [-0.1, -0.05) is 27.3 Å². The first-order valence-corrected chi connectivity index (χ1v) is 6.73. The van der Waals surface area contributed by atoms with E-state index in [9.17, 15) is 8.42 Å². The Labute approximate surface area is 88.5 Å². The Morgan fingerprint density at radius 3 is 2.62 bits per heavy atom. The zero-order valence-electron chi connectivity index (χ0n) is 6.74. The molecule has 0 spiro atoms. The van der Waals surface area contributed by atoms with E-state index in [1.165, 1.54) is 0 Å². The maximum absolute atomic E-state index is 11.0. The number of hydrogen-bond donors (Lipinski definition) is 2. The van der Waals surface area contributed by atoms with Gasteiger partial charge in [-0.25, -0.2) is 18.5 Å². The van der Waals surface area contributed by atoms with Crippen molar-refractivity contribution < 1.29 is 8.42 Å². The summed E-state index contributed by atoms with van der Waals surface area (Å²) < 4.78 is 22.2. The van der Waals surface area contributed by atoms with Crippen LogP contribution in [-0.4, -0.2) is 20.4 Å². The van der Waals surface area contributed by atoms with E-state index in [1.54, 1.807) is 7.05 Å². The molecular weight excluding hydrogens is 278 g/mol. The first kappa shape index (κ1) is 10.9. The summed E-state index contributed by atoms with van der Waals surface area (Å²) in [7, 11) is -1.98. The lowest BCUT2D eigenvalue weighted by Crippen LogP contribution is -2.12. The van der Waals surface area contributed by atoms with E-state index in [1.807, 2.05) is 0 Å². The van der Waals surface area contributed by atoms with E-state index >= 15 is 0 Å². The normalized spacial score (nSPS) is 11.6. The predicted molar refractivity (Wildman–Crippen MR) is 55.7 cm³/mol. The molecule has 0 unspecified atom stereocenters. The van der Waals surface area contributed by atoms with Crippen LogP contribution in [0.2, 0.25) is 0 Å². The molecule has 0 radical (unpaired) electrons. The molecule has 0 saturated heterocycles. The smallest absolute Gasteiger partial charge is 0.249 e. The first-order valence-electron chi connectivity index (χ1n) is 3.25. The van der Waals surface area contributed by atoms with Gasteiger partial charge in [0, 0.05) is 12.4 Å². The number of nitrogens with one attached hydrogen (secondary N) is 1. The number of rotatable bonds is 3. The van der Waals surface area contributed by atoms with E-state index in [-0.39, 0.29) is 4.21 Å². The Morgan fingerprint density at radius 1 is 1.69 bits per heavy atom. The molecule has 0 aliphatic rings. The zero-order valence-corrected chi connectivity index (χ0v) is 9.96. The molecule has 74 valence electrons. The van der Waals surface area contributed by atoms with Crippen LogP contribution in [0.3, 0.4) is 0 Å². The minimum absolute atomic E-state index is 0.105. The lowest BCUT2D eigenvalue weighted by atomic mass is 10.6. The Morgan fingerprint density at radius 2 is 2.31 bits per heavy atom. The Balaban J connectivity index is 3.28. The van der Waals surface area contributed by atoms with Crippen molar-refractivity contribution in [2.45, 2.75) is 9.54 Å². The number of hydrogen-bond acceptors (Lipinski definition) is 5. The van der Waals surface area contributed by atoms with Gasteiger partial charge >= 0.3 is 0 Å². The highest BCUT2D eigenvalue weighted by Gasteiger charge is 2.18. The molecule has 1 aromatic rings. The first-order chi connectivity index (χ1) is 5.99. The lowest BCUT2D eigenvalue weighted by Gasteiger charge is -1.92. The Bertz CT molecular complexity index is 400. The number of aromatic nitrogens is 1. The van der Waals surface area contributed by atoms with Gasteiger partial charge < -0.3 is 5.32 Å². The fourth-order valence-electron chi connectivity index (χ4n) is 0.751. The average molecular weight is 286 g/mol. The maximum Gasteiger partial charge on any atom is 0.249 e. The number of halogens is 1. The van der Waals surface area contributed by atoms with Crippen molar-refractivity contribution >= 4 is 42.4 Å². The van der Waals surface area contributed by atoms with Gasteiger partial charge in [-0.3, -0.25) is 0 Å². The van der Waals surface area contributed by atoms with Crippen molar-refractivity contribution in [3.05, 3.63) is 5.69 Å². The number of primary sulfonamides is 1. The molecule has 0 fully saturated rings. The van der Waals surface area contributed by atoms with Crippen LogP contribution < -0.4 is 10.5 Å². The summed E-state index contributed by atoms with van der Waals surface area (Å²) in [5.41, 5.74) is 0.442. The summed E-state index contributed by atoms with van der Waals surface area (Å²) in [6, 6.07) is 0. The van der Waals surface area contributed by atoms with E-state index in [4.69, 9.17) is 5.14 Å². The topological polar surface area (TPSA) is 85.1 Å². The monoisotopic (exact) mass is 285 g/mol. The molecule has 0 aromatic carbocycles. The summed E-state index contributed by atoms with van der Waals surface area (Å²) in [6.45, 7) is 0. The summed E-state index contributed by atoms with van der Waals surface area (Å²) in [4.78, 5) is 4.01. The molecule has 0 bridgehead atoms. The highest BCUT2D eigenvalue weighted by molar-refractivity contribution is 9.08. The Kier molecular flexibility index (Phi) is 3.28. The van der Waals surface area contributed by atoms with Gasteiger partial charge in [0.1, 0.15) is 0 Å².